The summed E-state index contributed by atoms with van der Waals surface area (Å²) in [6, 6.07) is 16.3. The maximum Gasteiger partial charge on any atom is 0.332 e. The van der Waals surface area contributed by atoms with E-state index in [1.807, 2.05) is 6.07 Å². The molecule has 0 aromatic heterocycles. The lowest BCUT2D eigenvalue weighted by Crippen LogP contribution is -2.23. The van der Waals surface area contributed by atoms with Gasteiger partial charge in [-0.3, -0.25) is 4.79 Å². The molecule has 1 aliphatic carbocycles. The number of nitrogens with zero attached hydrogens (tertiary/aromatic N) is 2. The number of nitriles is 1. The summed E-state index contributed by atoms with van der Waals surface area (Å²) in [5.41, 5.74) is 3.20. The fourth-order valence-corrected chi connectivity index (χ4v) is 3.22. The van der Waals surface area contributed by atoms with Gasteiger partial charge >= 0.3 is 5.97 Å². The van der Waals surface area contributed by atoms with Gasteiger partial charge in [-0.05, 0) is 54.7 Å². The molecule has 0 fully saturated rings. The SMILES string of the molecule is N#Cc1cccc(-c2ccc(N(Cl)C(=O)C3=C(C(=O)O)CCC3)cc2)c1. The third kappa shape index (κ3) is 3.46. The quantitative estimate of drug-likeness (QED) is 0.819. The molecular weight excluding hydrogens is 352 g/mol. The molecule has 0 saturated carbocycles. The first-order chi connectivity index (χ1) is 12.5. The molecule has 0 atom stereocenters. The second-order valence-electron chi connectivity index (χ2n) is 5.94. The molecule has 1 aliphatic rings. The van der Waals surface area contributed by atoms with Crippen LogP contribution < -0.4 is 4.42 Å². The third-order valence-corrected chi connectivity index (χ3v) is 4.68. The Morgan fingerprint density at radius 1 is 1.04 bits per heavy atom. The molecule has 2 aromatic carbocycles. The number of carboxylic acid groups (broad SMARTS) is 1. The molecule has 0 bridgehead atoms. The van der Waals surface area contributed by atoms with E-state index in [-0.39, 0.29) is 11.1 Å². The molecule has 130 valence electrons. The zero-order chi connectivity index (χ0) is 18.7. The number of carbonyl (C=O) groups is 2. The Hall–Kier alpha value is -3.10. The highest BCUT2D eigenvalue weighted by Crippen LogP contribution is 2.31. The van der Waals surface area contributed by atoms with E-state index in [2.05, 4.69) is 6.07 Å². The van der Waals surface area contributed by atoms with Crippen LogP contribution in [0.2, 0.25) is 0 Å². The summed E-state index contributed by atoms with van der Waals surface area (Å²) < 4.78 is 0.957. The van der Waals surface area contributed by atoms with Gasteiger partial charge in [0.25, 0.3) is 5.91 Å². The highest BCUT2D eigenvalue weighted by atomic mass is 35.5. The Bertz CT molecular complexity index is 942. The van der Waals surface area contributed by atoms with Crippen molar-refractivity contribution < 1.29 is 14.7 Å². The highest BCUT2D eigenvalue weighted by molar-refractivity contribution is 6.39. The van der Waals surface area contributed by atoms with Gasteiger partial charge in [-0.15, -0.1) is 0 Å². The summed E-state index contributed by atoms with van der Waals surface area (Å²) in [5.74, 6) is -1.57. The first kappa shape index (κ1) is 17.7. The monoisotopic (exact) mass is 366 g/mol. The fourth-order valence-electron chi connectivity index (χ4n) is 3.00. The van der Waals surface area contributed by atoms with Crippen molar-refractivity contribution in [1.82, 2.24) is 0 Å². The van der Waals surface area contributed by atoms with Crippen LogP contribution in [-0.2, 0) is 9.59 Å². The van der Waals surface area contributed by atoms with Gasteiger partial charge in [-0.2, -0.15) is 5.26 Å². The lowest BCUT2D eigenvalue weighted by Gasteiger charge is -2.16. The second kappa shape index (κ2) is 7.42. The fraction of sp³-hybridized carbons (Fsp3) is 0.150. The molecule has 0 heterocycles. The Morgan fingerprint density at radius 3 is 2.38 bits per heavy atom. The van der Waals surface area contributed by atoms with Crippen molar-refractivity contribution >= 4 is 29.3 Å². The van der Waals surface area contributed by atoms with Crippen LogP contribution in [0.15, 0.2) is 59.7 Å². The topological polar surface area (TPSA) is 81.4 Å². The summed E-state index contributed by atoms with van der Waals surface area (Å²) in [6.07, 6.45) is 1.44. The van der Waals surface area contributed by atoms with Crippen LogP contribution in [0.4, 0.5) is 5.69 Å². The van der Waals surface area contributed by atoms with E-state index in [0.29, 0.717) is 30.5 Å². The molecule has 1 amide bonds. The van der Waals surface area contributed by atoms with Crippen molar-refractivity contribution in [3.63, 3.8) is 0 Å². The van der Waals surface area contributed by atoms with Gasteiger partial charge in [-0.1, -0.05) is 24.3 Å². The standard InChI is InChI=1S/C20H15ClN2O3/c21-23(19(24)17-5-2-6-18(17)20(25)26)16-9-7-14(8-10-16)15-4-1-3-13(11-15)12-22/h1,3-4,7-11H,2,5-6H2,(H,25,26). The van der Waals surface area contributed by atoms with Crippen molar-refractivity contribution in [2.24, 2.45) is 0 Å². The van der Waals surface area contributed by atoms with Crippen LogP contribution in [0.5, 0.6) is 0 Å². The van der Waals surface area contributed by atoms with Gasteiger partial charge in [-0.25, -0.2) is 9.21 Å². The average Bonchev–Trinajstić information content (AvgIpc) is 3.17. The number of hydrogen-bond acceptors (Lipinski definition) is 3. The molecular formula is C20H15ClN2O3. The Labute approximate surface area is 155 Å². The lowest BCUT2D eigenvalue weighted by atomic mass is 10.0. The van der Waals surface area contributed by atoms with Crippen LogP contribution >= 0.6 is 11.8 Å². The molecule has 3 rings (SSSR count). The Morgan fingerprint density at radius 2 is 1.73 bits per heavy atom. The van der Waals surface area contributed by atoms with Gasteiger partial charge in [0.1, 0.15) is 0 Å². The summed E-state index contributed by atoms with van der Waals surface area (Å²) >= 11 is 6.17. The lowest BCUT2D eigenvalue weighted by molar-refractivity contribution is -0.133. The van der Waals surface area contributed by atoms with Crippen LogP contribution in [0.1, 0.15) is 24.8 Å². The van der Waals surface area contributed by atoms with Gasteiger partial charge in [0.15, 0.2) is 0 Å². The molecule has 0 saturated heterocycles. The summed E-state index contributed by atoms with van der Waals surface area (Å²) in [5, 5.41) is 18.2. The van der Waals surface area contributed by atoms with E-state index < -0.39 is 11.9 Å². The molecule has 2 aromatic rings. The molecule has 0 spiro atoms. The molecule has 6 heteroatoms. The minimum atomic E-state index is -1.07. The van der Waals surface area contributed by atoms with Crippen LogP contribution in [0, 0.1) is 11.3 Å². The first-order valence-electron chi connectivity index (χ1n) is 8.07. The number of rotatable bonds is 4. The maximum absolute atomic E-state index is 12.5. The maximum atomic E-state index is 12.5. The number of halogens is 1. The predicted octanol–water partition coefficient (Wildman–Crippen LogP) is 4.28. The van der Waals surface area contributed by atoms with Gasteiger partial charge in [0.2, 0.25) is 0 Å². The highest BCUT2D eigenvalue weighted by Gasteiger charge is 2.28. The van der Waals surface area contributed by atoms with Crippen LogP contribution in [0.3, 0.4) is 0 Å². The predicted molar refractivity (Wildman–Crippen MR) is 98.4 cm³/mol. The van der Waals surface area contributed by atoms with Crippen molar-refractivity contribution in [2.45, 2.75) is 19.3 Å². The van der Waals surface area contributed by atoms with E-state index >= 15 is 0 Å². The minimum absolute atomic E-state index is 0.144. The van der Waals surface area contributed by atoms with E-state index in [4.69, 9.17) is 17.0 Å². The molecule has 0 aliphatic heterocycles. The van der Waals surface area contributed by atoms with Crippen molar-refractivity contribution in [3.8, 4) is 17.2 Å². The summed E-state index contributed by atoms with van der Waals surface area (Å²) in [7, 11) is 0. The number of hydrogen-bond donors (Lipinski definition) is 1. The smallest absolute Gasteiger partial charge is 0.332 e. The first-order valence-corrected chi connectivity index (χ1v) is 8.41. The van der Waals surface area contributed by atoms with Gasteiger partial charge in [0.05, 0.1) is 17.3 Å². The zero-order valence-corrected chi connectivity index (χ0v) is 14.5. The largest absolute Gasteiger partial charge is 0.478 e. The van der Waals surface area contributed by atoms with E-state index in [1.165, 1.54) is 0 Å². The second-order valence-corrected chi connectivity index (χ2v) is 6.28. The summed E-state index contributed by atoms with van der Waals surface area (Å²) in [6.45, 7) is 0. The van der Waals surface area contributed by atoms with E-state index in [9.17, 15) is 14.7 Å². The molecule has 0 unspecified atom stereocenters. The van der Waals surface area contributed by atoms with Gasteiger partial charge < -0.3 is 5.11 Å². The van der Waals surface area contributed by atoms with Crippen molar-refractivity contribution in [1.29, 1.82) is 5.26 Å². The molecule has 26 heavy (non-hydrogen) atoms. The zero-order valence-electron chi connectivity index (χ0n) is 13.8. The summed E-state index contributed by atoms with van der Waals surface area (Å²) in [4.78, 5) is 23.8. The number of benzene rings is 2. The number of carbonyl (C=O) groups excluding carboxylic acids is 1. The van der Waals surface area contributed by atoms with E-state index in [0.717, 1.165) is 15.5 Å². The Kier molecular flexibility index (Phi) is 5.06. The van der Waals surface area contributed by atoms with Crippen molar-refractivity contribution in [3.05, 3.63) is 65.2 Å². The van der Waals surface area contributed by atoms with Crippen LogP contribution in [0.25, 0.3) is 11.1 Å². The molecule has 0 radical (unpaired) electrons. The van der Waals surface area contributed by atoms with Crippen LogP contribution in [-0.4, -0.2) is 17.0 Å². The molecule has 1 N–H and O–H groups in total. The average molecular weight is 367 g/mol. The van der Waals surface area contributed by atoms with E-state index in [1.54, 1.807) is 42.5 Å². The Balaban J connectivity index is 1.84. The molecule has 5 nitrogen and oxygen atoms in total. The number of aliphatic carboxylic acids is 1. The number of amides is 1. The number of anilines is 1. The number of carboxylic acids is 1. The normalized spacial score (nSPS) is 13.4. The van der Waals surface area contributed by atoms with Gasteiger partial charge in [0, 0.05) is 22.9 Å². The minimum Gasteiger partial charge on any atom is -0.478 e. The third-order valence-electron chi connectivity index (χ3n) is 4.33. The van der Waals surface area contributed by atoms with Crippen molar-refractivity contribution in [2.75, 3.05) is 4.42 Å².